The zero-order chi connectivity index (χ0) is 24.2. The second kappa shape index (κ2) is 10.6. The molecule has 0 saturated heterocycles. The SMILES string of the molecule is CC(C)CN(CC(C)C)c1ccc2nc(Nc3ccc(C(C)(C)C)cc3)n(CCCN)c2n1. The number of hydrogen-bond donors (Lipinski definition) is 2. The molecule has 2 aromatic heterocycles. The maximum atomic E-state index is 5.85. The Kier molecular flexibility index (Phi) is 8.01. The monoisotopic (exact) mass is 450 g/mol. The van der Waals surface area contributed by atoms with Crippen LogP contribution < -0.4 is 16.0 Å². The highest BCUT2D eigenvalue weighted by molar-refractivity contribution is 5.78. The Bertz CT molecular complexity index is 1020. The van der Waals surface area contributed by atoms with E-state index in [0.717, 1.165) is 54.7 Å². The molecule has 0 unspecified atom stereocenters. The van der Waals surface area contributed by atoms with Gasteiger partial charge in [0, 0.05) is 25.3 Å². The first-order valence-electron chi connectivity index (χ1n) is 12.3. The standard InChI is InChI=1S/C27H42N6/c1-19(2)17-32(18-20(3)4)24-14-13-23-25(31-24)33(16-8-15-28)26(30-23)29-22-11-9-21(10-12-22)27(5,6)7/h9-14,19-20H,8,15-18,28H2,1-7H3,(H,29,30). The molecule has 0 atom stereocenters. The van der Waals surface area contributed by atoms with Gasteiger partial charge in [0.2, 0.25) is 5.95 Å². The van der Waals surface area contributed by atoms with Gasteiger partial charge in [-0.2, -0.15) is 0 Å². The minimum Gasteiger partial charge on any atom is -0.356 e. The Hall–Kier alpha value is -2.60. The van der Waals surface area contributed by atoms with Crippen LogP contribution in [0, 0.1) is 11.8 Å². The number of anilines is 3. The molecule has 0 aliphatic carbocycles. The topological polar surface area (TPSA) is 72.0 Å². The lowest BCUT2D eigenvalue weighted by Crippen LogP contribution is -2.32. The predicted molar refractivity (Wildman–Crippen MR) is 142 cm³/mol. The van der Waals surface area contributed by atoms with E-state index in [-0.39, 0.29) is 5.41 Å². The molecule has 0 aliphatic heterocycles. The first kappa shape index (κ1) is 25.0. The molecular formula is C27H42N6. The van der Waals surface area contributed by atoms with E-state index in [4.69, 9.17) is 15.7 Å². The number of imidazole rings is 1. The summed E-state index contributed by atoms with van der Waals surface area (Å²) in [5.74, 6) is 2.96. The van der Waals surface area contributed by atoms with E-state index in [1.54, 1.807) is 0 Å². The van der Waals surface area contributed by atoms with E-state index >= 15 is 0 Å². The molecule has 3 aromatic rings. The van der Waals surface area contributed by atoms with Gasteiger partial charge in [0.1, 0.15) is 11.3 Å². The summed E-state index contributed by atoms with van der Waals surface area (Å²) in [6.45, 7) is 19.1. The molecule has 0 fully saturated rings. The first-order chi connectivity index (χ1) is 15.6. The van der Waals surface area contributed by atoms with E-state index in [9.17, 15) is 0 Å². The van der Waals surface area contributed by atoms with Gasteiger partial charge in [0.05, 0.1) is 0 Å². The molecule has 6 nitrogen and oxygen atoms in total. The smallest absolute Gasteiger partial charge is 0.209 e. The molecule has 0 aliphatic rings. The van der Waals surface area contributed by atoms with E-state index in [0.29, 0.717) is 18.4 Å². The highest BCUT2D eigenvalue weighted by Crippen LogP contribution is 2.27. The lowest BCUT2D eigenvalue weighted by atomic mass is 9.87. The maximum absolute atomic E-state index is 5.85. The van der Waals surface area contributed by atoms with Crippen molar-refractivity contribution < 1.29 is 0 Å². The average Bonchev–Trinajstić information content (AvgIpc) is 3.07. The van der Waals surface area contributed by atoms with Crippen molar-refractivity contribution in [3.05, 3.63) is 42.0 Å². The molecule has 6 heteroatoms. The van der Waals surface area contributed by atoms with Crippen LogP contribution in [-0.2, 0) is 12.0 Å². The van der Waals surface area contributed by atoms with Crippen molar-refractivity contribution in [2.24, 2.45) is 17.6 Å². The second-order valence-corrected chi connectivity index (χ2v) is 10.9. The molecule has 0 amide bonds. The lowest BCUT2D eigenvalue weighted by Gasteiger charge is -2.27. The van der Waals surface area contributed by atoms with Crippen LogP contribution in [0.5, 0.6) is 0 Å². The molecule has 180 valence electrons. The molecule has 3 N–H and O–H groups in total. The van der Waals surface area contributed by atoms with E-state index in [2.05, 4.69) is 99.6 Å². The number of fused-ring (bicyclic) bond motifs is 1. The van der Waals surface area contributed by atoms with Crippen LogP contribution in [0.2, 0.25) is 0 Å². The fraction of sp³-hybridized carbons (Fsp3) is 0.556. The molecule has 0 radical (unpaired) electrons. The summed E-state index contributed by atoms with van der Waals surface area (Å²) < 4.78 is 2.17. The van der Waals surface area contributed by atoms with Crippen LogP contribution in [0.25, 0.3) is 11.2 Å². The van der Waals surface area contributed by atoms with Gasteiger partial charge in [-0.05, 0) is 60.0 Å². The summed E-state index contributed by atoms with van der Waals surface area (Å²) in [5.41, 5.74) is 10.1. The molecule has 3 rings (SSSR count). The Morgan fingerprint density at radius 3 is 2.12 bits per heavy atom. The highest BCUT2D eigenvalue weighted by atomic mass is 15.3. The number of aromatic nitrogens is 3. The normalized spacial score (nSPS) is 12.2. The summed E-state index contributed by atoms with van der Waals surface area (Å²) >= 11 is 0. The van der Waals surface area contributed by atoms with E-state index in [1.807, 2.05) is 0 Å². The van der Waals surface area contributed by atoms with Crippen molar-refractivity contribution in [1.82, 2.24) is 14.5 Å². The van der Waals surface area contributed by atoms with Crippen molar-refractivity contribution in [3.63, 3.8) is 0 Å². The third kappa shape index (κ3) is 6.47. The zero-order valence-electron chi connectivity index (χ0n) is 21.5. The number of nitrogens with two attached hydrogens (primary N) is 1. The number of nitrogens with one attached hydrogen (secondary N) is 1. The Morgan fingerprint density at radius 1 is 0.939 bits per heavy atom. The predicted octanol–water partition coefficient (Wildman–Crippen LogP) is 5.94. The van der Waals surface area contributed by atoms with E-state index in [1.165, 1.54) is 5.56 Å². The van der Waals surface area contributed by atoms with Gasteiger partial charge in [-0.3, -0.25) is 4.57 Å². The number of benzene rings is 1. The van der Waals surface area contributed by atoms with Crippen LogP contribution >= 0.6 is 0 Å². The summed E-state index contributed by atoms with van der Waals surface area (Å²) in [6.07, 6.45) is 0.872. The van der Waals surface area contributed by atoms with Gasteiger partial charge in [-0.15, -0.1) is 0 Å². The van der Waals surface area contributed by atoms with Crippen molar-refractivity contribution in [2.45, 2.75) is 66.8 Å². The number of hydrogen-bond acceptors (Lipinski definition) is 5. The van der Waals surface area contributed by atoms with Gasteiger partial charge >= 0.3 is 0 Å². The van der Waals surface area contributed by atoms with E-state index < -0.39 is 0 Å². The summed E-state index contributed by atoms with van der Waals surface area (Å²) in [4.78, 5) is 12.4. The van der Waals surface area contributed by atoms with Crippen molar-refractivity contribution >= 4 is 28.6 Å². The van der Waals surface area contributed by atoms with Crippen molar-refractivity contribution in [1.29, 1.82) is 0 Å². The number of aryl methyl sites for hydroxylation is 1. The van der Waals surface area contributed by atoms with Crippen LogP contribution in [0.15, 0.2) is 36.4 Å². The highest BCUT2D eigenvalue weighted by Gasteiger charge is 2.18. The average molecular weight is 451 g/mol. The number of nitrogens with zero attached hydrogens (tertiary/aromatic N) is 4. The van der Waals surface area contributed by atoms with Crippen LogP contribution in [-0.4, -0.2) is 34.2 Å². The summed E-state index contributed by atoms with van der Waals surface area (Å²) in [7, 11) is 0. The van der Waals surface area contributed by atoms with Gasteiger partial charge in [-0.25, -0.2) is 9.97 Å². The maximum Gasteiger partial charge on any atom is 0.209 e. The van der Waals surface area contributed by atoms with Crippen LogP contribution in [0.1, 0.15) is 60.5 Å². The van der Waals surface area contributed by atoms with Crippen molar-refractivity contribution in [2.75, 3.05) is 29.9 Å². The largest absolute Gasteiger partial charge is 0.356 e. The molecule has 0 saturated carbocycles. The molecule has 0 bridgehead atoms. The Morgan fingerprint density at radius 2 is 1.58 bits per heavy atom. The molecular weight excluding hydrogens is 408 g/mol. The molecule has 2 heterocycles. The summed E-state index contributed by atoms with van der Waals surface area (Å²) in [6, 6.07) is 12.8. The Labute approximate surface area is 199 Å². The molecule has 0 spiro atoms. The van der Waals surface area contributed by atoms with Crippen LogP contribution in [0.3, 0.4) is 0 Å². The lowest BCUT2D eigenvalue weighted by molar-refractivity contribution is 0.549. The Balaban J connectivity index is 1.98. The fourth-order valence-corrected chi connectivity index (χ4v) is 4.05. The third-order valence-corrected chi connectivity index (χ3v) is 5.67. The summed E-state index contributed by atoms with van der Waals surface area (Å²) in [5, 5.41) is 3.52. The van der Waals surface area contributed by atoms with Gasteiger partial charge in [0.25, 0.3) is 0 Å². The van der Waals surface area contributed by atoms with Crippen molar-refractivity contribution in [3.8, 4) is 0 Å². The zero-order valence-corrected chi connectivity index (χ0v) is 21.5. The second-order valence-electron chi connectivity index (χ2n) is 10.9. The van der Waals surface area contributed by atoms with Gasteiger partial charge in [0.15, 0.2) is 5.65 Å². The first-order valence-corrected chi connectivity index (χ1v) is 12.3. The number of pyridine rings is 1. The third-order valence-electron chi connectivity index (χ3n) is 5.67. The minimum absolute atomic E-state index is 0.130. The van der Waals surface area contributed by atoms with Crippen LogP contribution in [0.4, 0.5) is 17.5 Å². The minimum atomic E-state index is 0.130. The van der Waals surface area contributed by atoms with Gasteiger partial charge < -0.3 is 16.0 Å². The molecule has 33 heavy (non-hydrogen) atoms. The quantitative estimate of drug-likeness (QED) is 0.400. The fourth-order valence-electron chi connectivity index (χ4n) is 4.05. The molecule has 1 aromatic carbocycles. The number of rotatable bonds is 10. The van der Waals surface area contributed by atoms with Gasteiger partial charge in [-0.1, -0.05) is 60.6 Å².